The standard InChI is InChI=1S/C14H19BrClNO2S/c1-9(5-13(18)19)10-3-2-4-17(7-10)8-11-6-12(15)14(16)20-11/h6,9-10H,2-5,7-8H2,1H3,(H,18,19). The van der Waals surface area contributed by atoms with Gasteiger partial charge in [0.2, 0.25) is 0 Å². The summed E-state index contributed by atoms with van der Waals surface area (Å²) in [7, 11) is 0. The molecule has 0 bridgehead atoms. The van der Waals surface area contributed by atoms with Gasteiger partial charge >= 0.3 is 5.97 Å². The van der Waals surface area contributed by atoms with E-state index in [2.05, 4.69) is 33.8 Å². The predicted octanol–water partition coefficient (Wildman–Crippen LogP) is 4.49. The third-order valence-electron chi connectivity index (χ3n) is 3.92. The zero-order valence-electron chi connectivity index (χ0n) is 11.4. The summed E-state index contributed by atoms with van der Waals surface area (Å²) in [6.45, 7) is 5.04. The van der Waals surface area contributed by atoms with Crippen molar-refractivity contribution >= 4 is 44.8 Å². The molecule has 1 aliphatic rings. The number of halogens is 2. The van der Waals surface area contributed by atoms with E-state index in [9.17, 15) is 4.79 Å². The lowest BCUT2D eigenvalue weighted by Crippen LogP contribution is -2.37. The first-order valence-electron chi connectivity index (χ1n) is 6.83. The average Bonchev–Trinajstić information content (AvgIpc) is 2.67. The molecule has 0 aromatic carbocycles. The molecule has 0 spiro atoms. The minimum Gasteiger partial charge on any atom is -0.481 e. The molecule has 2 heterocycles. The first kappa shape index (κ1) is 16.3. The summed E-state index contributed by atoms with van der Waals surface area (Å²) >= 11 is 11.1. The first-order chi connectivity index (χ1) is 9.45. The summed E-state index contributed by atoms with van der Waals surface area (Å²) in [5.41, 5.74) is 0. The number of hydrogen-bond acceptors (Lipinski definition) is 3. The number of piperidine rings is 1. The van der Waals surface area contributed by atoms with Crippen LogP contribution in [-0.4, -0.2) is 29.1 Å². The Bertz CT molecular complexity index is 460. The van der Waals surface area contributed by atoms with Crippen LogP contribution in [0.3, 0.4) is 0 Å². The molecule has 1 N–H and O–H groups in total. The molecule has 1 aromatic rings. The molecular weight excluding hydrogens is 362 g/mol. The lowest BCUT2D eigenvalue weighted by molar-refractivity contribution is -0.138. The first-order valence-corrected chi connectivity index (χ1v) is 8.82. The van der Waals surface area contributed by atoms with E-state index in [1.165, 1.54) is 4.88 Å². The van der Waals surface area contributed by atoms with Gasteiger partial charge < -0.3 is 5.11 Å². The van der Waals surface area contributed by atoms with Crippen molar-refractivity contribution in [2.45, 2.75) is 32.7 Å². The number of carboxylic acid groups (broad SMARTS) is 1. The number of hydrogen-bond donors (Lipinski definition) is 1. The number of aliphatic carboxylic acids is 1. The maximum Gasteiger partial charge on any atom is 0.303 e. The molecule has 2 rings (SSSR count). The van der Waals surface area contributed by atoms with E-state index in [0.29, 0.717) is 5.92 Å². The van der Waals surface area contributed by atoms with Crippen molar-refractivity contribution in [3.63, 3.8) is 0 Å². The van der Waals surface area contributed by atoms with Gasteiger partial charge in [-0.05, 0) is 53.2 Å². The van der Waals surface area contributed by atoms with E-state index in [-0.39, 0.29) is 12.3 Å². The molecule has 20 heavy (non-hydrogen) atoms. The van der Waals surface area contributed by atoms with Crippen LogP contribution in [0, 0.1) is 11.8 Å². The molecule has 2 unspecified atom stereocenters. The minimum atomic E-state index is -0.691. The van der Waals surface area contributed by atoms with Gasteiger partial charge in [-0.15, -0.1) is 11.3 Å². The normalized spacial score (nSPS) is 21.9. The molecule has 1 aromatic heterocycles. The fraction of sp³-hybridized carbons (Fsp3) is 0.643. The minimum absolute atomic E-state index is 0.244. The van der Waals surface area contributed by atoms with Crippen LogP contribution in [0.25, 0.3) is 0 Å². The molecule has 1 saturated heterocycles. The largest absolute Gasteiger partial charge is 0.481 e. The molecule has 1 aliphatic heterocycles. The van der Waals surface area contributed by atoms with Gasteiger partial charge in [0.1, 0.15) is 4.34 Å². The van der Waals surface area contributed by atoms with Crippen LogP contribution in [0.2, 0.25) is 4.34 Å². The number of rotatable bonds is 5. The highest BCUT2D eigenvalue weighted by Crippen LogP contribution is 2.34. The molecule has 1 fully saturated rings. The van der Waals surface area contributed by atoms with Crippen molar-refractivity contribution in [2.75, 3.05) is 13.1 Å². The Hall–Kier alpha value is -0.100. The smallest absolute Gasteiger partial charge is 0.303 e. The maximum atomic E-state index is 10.8. The summed E-state index contributed by atoms with van der Waals surface area (Å²) < 4.78 is 1.76. The lowest BCUT2D eigenvalue weighted by Gasteiger charge is -2.35. The van der Waals surface area contributed by atoms with Gasteiger partial charge in [-0.3, -0.25) is 9.69 Å². The zero-order valence-corrected chi connectivity index (χ0v) is 14.6. The number of carboxylic acids is 1. The molecule has 2 atom stereocenters. The Morgan fingerprint density at radius 2 is 2.45 bits per heavy atom. The molecule has 112 valence electrons. The molecule has 0 radical (unpaired) electrons. The summed E-state index contributed by atoms with van der Waals surface area (Å²) in [5, 5.41) is 8.92. The van der Waals surface area contributed by atoms with Gasteiger partial charge in [0.15, 0.2) is 0 Å². The van der Waals surface area contributed by atoms with Crippen molar-refractivity contribution < 1.29 is 9.90 Å². The zero-order chi connectivity index (χ0) is 14.7. The molecular formula is C14H19BrClNO2S. The predicted molar refractivity (Wildman–Crippen MR) is 86.4 cm³/mol. The van der Waals surface area contributed by atoms with Gasteiger partial charge in [0.25, 0.3) is 0 Å². The summed E-state index contributed by atoms with van der Waals surface area (Å²) in [4.78, 5) is 14.5. The highest BCUT2D eigenvalue weighted by Gasteiger charge is 2.26. The van der Waals surface area contributed by atoms with Gasteiger partial charge in [0, 0.05) is 28.9 Å². The van der Waals surface area contributed by atoms with E-state index in [4.69, 9.17) is 16.7 Å². The van der Waals surface area contributed by atoms with E-state index < -0.39 is 5.97 Å². The van der Waals surface area contributed by atoms with Crippen molar-refractivity contribution in [3.05, 3.63) is 19.8 Å². The fourth-order valence-corrected chi connectivity index (χ4v) is 4.66. The van der Waals surface area contributed by atoms with Crippen LogP contribution >= 0.6 is 38.9 Å². The van der Waals surface area contributed by atoms with Crippen molar-refractivity contribution in [1.82, 2.24) is 4.90 Å². The second-order valence-electron chi connectivity index (χ2n) is 5.55. The Morgan fingerprint density at radius 3 is 3.05 bits per heavy atom. The highest BCUT2D eigenvalue weighted by molar-refractivity contribution is 9.10. The van der Waals surface area contributed by atoms with Gasteiger partial charge in [-0.1, -0.05) is 18.5 Å². The third-order valence-corrected chi connectivity index (χ3v) is 6.38. The van der Waals surface area contributed by atoms with Crippen LogP contribution in [0.5, 0.6) is 0 Å². The monoisotopic (exact) mass is 379 g/mol. The highest BCUT2D eigenvalue weighted by atomic mass is 79.9. The second-order valence-corrected chi connectivity index (χ2v) is 8.14. The SMILES string of the molecule is CC(CC(=O)O)C1CCCN(Cc2cc(Br)c(Cl)s2)C1. The number of carbonyl (C=O) groups is 1. The maximum absolute atomic E-state index is 10.8. The summed E-state index contributed by atoms with van der Waals surface area (Å²) in [5.74, 6) is 0.0382. The van der Waals surface area contributed by atoms with E-state index >= 15 is 0 Å². The van der Waals surface area contributed by atoms with E-state index in [1.807, 2.05) is 0 Å². The average molecular weight is 381 g/mol. The van der Waals surface area contributed by atoms with Crippen molar-refractivity contribution in [1.29, 1.82) is 0 Å². The van der Waals surface area contributed by atoms with Gasteiger partial charge in [-0.2, -0.15) is 0 Å². The van der Waals surface area contributed by atoms with Gasteiger partial charge in [0.05, 0.1) is 0 Å². The van der Waals surface area contributed by atoms with Crippen LogP contribution < -0.4 is 0 Å². The van der Waals surface area contributed by atoms with E-state index in [0.717, 1.165) is 41.3 Å². The number of likely N-dealkylation sites (tertiary alicyclic amines) is 1. The summed E-state index contributed by atoms with van der Waals surface area (Å²) in [6.07, 6.45) is 2.56. The van der Waals surface area contributed by atoms with Crippen LogP contribution in [0.1, 0.15) is 31.1 Å². The summed E-state index contributed by atoms with van der Waals surface area (Å²) in [6, 6.07) is 2.08. The molecule has 0 aliphatic carbocycles. The van der Waals surface area contributed by atoms with Crippen molar-refractivity contribution in [3.8, 4) is 0 Å². The van der Waals surface area contributed by atoms with Gasteiger partial charge in [-0.25, -0.2) is 0 Å². The Morgan fingerprint density at radius 1 is 1.70 bits per heavy atom. The van der Waals surface area contributed by atoms with E-state index in [1.54, 1.807) is 11.3 Å². The topological polar surface area (TPSA) is 40.5 Å². The quantitative estimate of drug-likeness (QED) is 0.818. The number of nitrogens with zero attached hydrogens (tertiary/aromatic N) is 1. The Labute approximate surface area is 137 Å². The molecule has 6 heteroatoms. The van der Waals surface area contributed by atoms with Crippen LogP contribution in [0.4, 0.5) is 0 Å². The molecule has 0 amide bonds. The Balaban J connectivity index is 1.91. The Kier molecular flexibility index (Phi) is 5.90. The lowest BCUT2D eigenvalue weighted by atomic mass is 9.84. The van der Waals surface area contributed by atoms with Crippen LogP contribution in [0.15, 0.2) is 10.5 Å². The number of thiophene rings is 1. The molecule has 3 nitrogen and oxygen atoms in total. The third kappa shape index (κ3) is 4.45. The molecule has 0 saturated carbocycles. The van der Waals surface area contributed by atoms with Crippen LogP contribution in [-0.2, 0) is 11.3 Å². The van der Waals surface area contributed by atoms with Crippen molar-refractivity contribution in [2.24, 2.45) is 11.8 Å². The fourth-order valence-electron chi connectivity index (χ4n) is 2.83. The second kappa shape index (κ2) is 7.25.